The highest BCUT2D eigenvalue weighted by molar-refractivity contribution is 5.97. The summed E-state index contributed by atoms with van der Waals surface area (Å²) in [5.74, 6) is -8.94. The highest BCUT2D eigenvalue weighted by Crippen LogP contribution is 2.64. The Labute approximate surface area is 450 Å². The first-order chi connectivity index (χ1) is 36.9. The molecule has 0 radical (unpaired) electrons. The van der Waals surface area contributed by atoms with Crippen LogP contribution in [0.2, 0.25) is 0 Å². The number of carbonyl (C=O) groups is 8. The zero-order valence-electron chi connectivity index (χ0n) is 44.6. The predicted molar refractivity (Wildman–Crippen MR) is 271 cm³/mol. The van der Waals surface area contributed by atoms with Crippen molar-refractivity contribution >= 4 is 47.7 Å². The van der Waals surface area contributed by atoms with E-state index in [-0.39, 0.29) is 54.0 Å². The molecule has 1 aromatic heterocycles. The van der Waals surface area contributed by atoms with Gasteiger partial charge in [-0.25, -0.2) is 19.2 Å². The number of rotatable bonds is 15. The standard InChI is InChI=1S/C58H64N2O18/c1-32(2)73-54(69)72-31-60-26-18-25-39(29-60)52(67)76-46(44(36-19-12-9-13-20-36)59-50(65)37-21-14-10-15-22-37)53(68)75-40-28-58(70)49(77-51(66)38-23-16-11-17-24-38)47-56(8,41(63)27-42-57(47,30-71-42)78-35(5)62)48(64)45(74-34(4)61)43(33(40)3)55(58,6)7/h9-19,21-26,29,32,36,40-42,44-47,49,63,70H,20,27-28,30-31H2,1-8H3/p+1/t36?,40-,41-,42+,44-,45+,46+,47-,49-,56+,57-,58+/m0/s1. The Morgan fingerprint density at radius 2 is 1.50 bits per heavy atom. The van der Waals surface area contributed by atoms with E-state index >= 15 is 9.59 Å². The van der Waals surface area contributed by atoms with Crippen molar-refractivity contribution in [1.29, 1.82) is 0 Å². The molecule has 12 atom stereocenters. The molecular formula is C58H65N2O18+. The molecule has 2 saturated carbocycles. The van der Waals surface area contributed by atoms with Crippen LogP contribution in [-0.2, 0) is 63.8 Å². The van der Waals surface area contributed by atoms with Crippen LogP contribution < -0.4 is 9.88 Å². The zero-order chi connectivity index (χ0) is 56.5. The molecule has 3 fully saturated rings. The number of ether oxygens (including phenoxy) is 8. The first-order valence-electron chi connectivity index (χ1n) is 25.8. The molecule has 1 amide bonds. The van der Waals surface area contributed by atoms with Crippen molar-refractivity contribution in [3.05, 3.63) is 137 Å². The molecule has 4 aliphatic carbocycles. The third-order valence-corrected chi connectivity index (χ3v) is 15.8. The van der Waals surface area contributed by atoms with Gasteiger partial charge >= 0.3 is 36.0 Å². The van der Waals surface area contributed by atoms with E-state index in [9.17, 15) is 39.0 Å². The van der Waals surface area contributed by atoms with Crippen molar-refractivity contribution in [1.82, 2.24) is 5.32 Å². The summed E-state index contributed by atoms with van der Waals surface area (Å²) in [4.78, 5) is 113. The van der Waals surface area contributed by atoms with Crippen LogP contribution in [-0.4, -0.2) is 124 Å². The fourth-order valence-electron chi connectivity index (χ4n) is 11.9. The maximum Gasteiger partial charge on any atom is 0.513 e. The summed E-state index contributed by atoms with van der Waals surface area (Å²) >= 11 is 0. The SMILES string of the molecule is CC(=O)O[C@H]1C(=O)[C@@]2(C)[C@H]([C@H](OC(=O)c3ccccc3)[C@]3(O)C[C@H](OC(=O)[C@H](OC(=O)c4ccc[n+](COC(=O)OC(C)C)c4)[C@@H](NC(=O)c4ccccc4)C4C=CC=CC4)C(C)=C1C3(C)C)[C@]1(OC(C)=O)CO[C@@H]1C[C@@H]2O. The van der Waals surface area contributed by atoms with Gasteiger partial charge in [0, 0.05) is 49.7 Å². The summed E-state index contributed by atoms with van der Waals surface area (Å²) in [7, 11) is 0. The van der Waals surface area contributed by atoms with Crippen LogP contribution in [0.5, 0.6) is 0 Å². The van der Waals surface area contributed by atoms with E-state index in [1.807, 2.05) is 0 Å². The van der Waals surface area contributed by atoms with Crippen molar-refractivity contribution in [2.24, 2.45) is 22.7 Å². The molecule has 78 heavy (non-hydrogen) atoms. The number of aromatic nitrogens is 1. The fourth-order valence-corrected chi connectivity index (χ4v) is 11.9. The number of ketones is 1. The number of amides is 1. The van der Waals surface area contributed by atoms with E-state index in [1.165, 1.54) is 55.1 Å². The third kappa shape index (κ3) is 10.7. The molecule has 1 unspecified atom stereocenters. The Hall–Kier alpha value is -7.55. The second kappa shape index (κ2) is 22.4. The first kappa shape index (κ1) is 56.6. The molecule has 414 valence electrons. The van der Waals surface area contributed by atoms with Crippen molar-refractivity contribution in [3.63, 3.8) is 0 Å². The van der Waals surface area contributed by atoms with Crippen molar-refractivity contribution < 1.29 is 91.0 Å². The maximum atomic E-state index is 15.8. The molecule has 20 nitrogen and oxygen atoms in total. The topological polar surface area (TPSA) is 267 Å². The maximum absolute atomic E-state index is 15.8. The normalized spacial score (nSPS) is 29.3. The van der Waals surface area contributed by atoms with Crippen molar-refractivity contribution in [2.45, 2.75) is 141 Å². The third-order valence-electron chi connectivity index (χ3n) is 15.8. The molecule has 5 aliphatic rings. The van der Waals surface area contributed by atoms with Crippen LogP contribution in [0.3, 0.4) is 0 Å². The van der Waals surface area contributed by atoms with Gasteiger partial charge in [-0.05, 0) is 75.6 Å². The number of hydrogen-bond acceptors (Lipinski definition) is 18. The summed E-state index contributed by atoms with van der Waals surface area (Å²) in [5.41, 5.74) is -8.08. The number of carbonyl (C=O) groups excluding carboxylic acids is 8. The van der Waals surface area contributed by atoms with Gasteiger partial charge in [0.15, 0.2) is 29.9 Å². The second-order valence-electron chi connectivity index (χ2n) is 21.4. The van der Waals surface area contributed by atoms with Crippen LogP contribution in [0.4, 0.5) is 4.79 Å². The predicted octanol–water partition coefficient (Wildman–Crippen LogP) is 5.17. The summed E-state index contributed by atoms with van der Waals surface area (Å²) in [6.45, 7) is 10.7. The fraction of sp³-hybridized carbons (Fsp3) is 0.466. The minimum absolute atomic E-state index is 0.0294. The zero-order valence-corrected chi connectivity index (χ0v) is 44.6. The quantitative estimate of drug-likeness (QED) is 0.0767. The van der Waals surface area contributed by atoms with Gasteiger partial charge in [-0.15, -0.1) is 0 Å². The van der Waals surface area contributed by atoms with Gasteiger partial charge in [0.05, 0.1) is 41.8 Å². The Bertz CT molecular complexity index is 2940. The Balaban J connectivity index is 1.28. The molecule has 8 rings (SSSR count). The number of nitrogens with one attached hydrogen (secondary N) is 1. The lowest BCUT2D eigenvalue weighted by Crippen LogP contribution is -2.82. The Kier molecular flexibility index (Phi) is 16.3. The van der Waals surface area contributed by atoms with E-state index in [0.717, 1.165) is 13.8 Å². The summed E-state index contributed by atoms with van der Waals surface area (Å²) in [6.07, 6.45) is -2.44. The summed E-state index contributed by atoms with van der Waals surface area (Å²) in [6, 6.07) is 17.4. The van der Waals surface area contributed by atoms with Gasteiger partial charge in [-0.3, -0.25) is 19.2 Å². The van der Waals surface area contributed by atoms with Gasteiger partial charge < -0.3 is 53.4 Å². The average Bonchev–Trinajstić information content (AvgIpc) is 2.69. The number of hydrogen-bond donors (Lipinski definition) is 3. The number of nitrogens with zero attached hydrogens (tertiary/aromatic N) is 1. The van der Waals surface area contributed by atoms with Crippen LogP contribution in [0, 0.1) is 22.7 Å². The van der Waals surface area contributed by atoms with E-state index in [2.05, 4.69) is 5.32 Å². The number of fused-ring (bicyclic) bond motifs is 5. The first-order valence-corrected chi connectivity index (χ1v) is 25.8. The lowest BCUT2D eigenvalue weighted by Gasteiger charge is -2.67. The molecule has 2 aromatic carbocycles. The summed E-state index contributed by atoms with van der Waals surface area (Å²) in [5, 5.41) is 29.2. The number of benzene rings is 2. The van der Waals surface area contributed by atoms with Crippen LogP contribution in [0.1, 0.15) is 106 Å². The second-order valence-corrected chi connectivity index (χ2v) is 21.4. The van der Waals surface area contributed by atoms with Crippen LogP contribution >= 0.6 is 0 Å². The average molecular weight is 1080 g/mol. The highest BCUT2D eigenvalue weighted by atomic mass is 16.7. The van der Waals surface area contributed by atoms with Crippen LogP contribution in [0.15, 0.2) is 121 Å². The number of aliphatic hydroxyl groups is 2. The van der Waals surface area contributed by atoms with Crippen molar-refractivity contribution in [2.75, 3.05) is 6.61 Å². The van der Waals surface area contributed by atoms with Crippen molar-refractivity contribution in [3.8, 4) is 0 Å². The molecule has 2 heterocycles. The molecule has 1 saturated heterocycles. The number of Topliss-reactive ketones (excluding diaryl/α,β-unsaturated/α-hetero) is 1. The van der Waals surface area contributed by atoms with E-state index in [1.54, 1.807) is 101 Å². The molecule has 3 N–H and O–H groups in total. The molecule has 3 aromatic rings. The van der Waals surface area contributed by atoms with Gasteiger partial charge in [0.25, 0.3) is 12.6 Å². The minimum Gasteiger partial charge on any atom is -0.455 e. The van der Waals surface area contributed by atoms with Gasteiger partial charge in [0.2, 0.25) is 6.10 Å². The van der Waals surface area contributed by atoms with E-state index in [4.69, 9.17) is 37.9 Å². The summed E-state index contributed by atoms with van der Waals surface area (Å²) < 4.78 is 48.8. The lowest BCUT2D eigenvalue weighted by atomic mass is 9.44. The molecule has 1 aliphatic heterocycles. The van der Waals surface area contributed by atoms with Gasteiger partial charge in [0.1, 0.15) is 29.5 Å². The van der Waals surface area contributed by atoms with E-state index < -0.39 is 137 Å². The Morgan fingerprint density at radius 1 is 0.833 bits per heavy atom. The number of esters is 5. The monoisotopic (exact) mass is 1080 g/mol. The van der Waals surface area contributed by atoms with Gasteiger partial charge in [-0.2, -0.15) is 4.57 Å². The molecular weight excluding hydrogens is 1010 g/mol. The van der Waals surface area contributed by atoms with E-state index in [0.29, 0.717) is 0 Å². The number of allylic oxidation sites excluding steroid dienone is 3. The number of aliphatic hydroxyl groups excluding tert-OH is 1. The molecule has 2 bridgehead atoms. The Morgan fingerprint density at radius 3 is 2.10 bits per heavy atom. The lowest BCUT2D eigenvalue weighted by molar-refractivity contribution is -0.728. The smallest absolute Gasteiger partial charge is 0.455 e. The van der Waals surface area contributed by atoms with Crippen LogP contribution in [0.25, 0.3) is 0 Å². The molecule has 20 heteroatoms. The largest absolute Gasteiger partial charge is 0.513 e. The highest BCUT2D eigenvalue weighted by Gasteiger charge is 2.78. The number of pyridine rings is 1. The minimum atomic E-state index is -2.50. The van der Waals surface area contributed by atoms with Gasteiger partial charge in [-0.1, -0.05) is 74.5 Å². The molecule has 0 spiro atoms.